The Hall–Kier alpha value is -1.71. The van der Waals surface area contributed by atoms with Crippen molar-refractivity contribution in [1.82, 2.24) is 4.90 Å². The van der Waals surface area contributed by atoms with Crippen LogP contribution < -0.4 is 9.47 Å². The maximum atomic E-state index is 12.3. The minimum absolute atomic E-state index is 0.0407. The van der Waals surface area contributed by atoms with E-state index in [1.165, 1.54) is 0 Å². The van der Waals surface area contributed by atoms with E-state index in [2.05, 4.69) is 0 Å². The molecule has 0 heterocycles. The lowest BCUT2D eigenvalue weighted by molar-refractivity contribution is -0.153. The van der Waals surface area contributed by atoms with Gasteiger partial charge >= 0.3 is 0 Å². The van der Waals surface area contributed by atoms with E-state index < -0.39 is 5.60 Å². The van der Waals surface area contributed by atoms with Gasteiger partial charge in [0.05, 0.1) is 6.10 Å². The molecule has 1 aromatic rings. The molecule has 0 bridgehead atoms. The molecule has 0 aromatic heterocycles. The van der Waals surface area contributed by atoms with Crippen LogP contribution in [-0.4, -0.2) is 36.6 Å². The second-order valence-electron chi connectivity index (χ2n) is 5.79. The van der Waals surface area contributed by atoms with Crippen LogP contribution in [0.15, 0.2) is 24.3 Å². The Morgan fingerprint density at radius 1 is 1.25 bits per heavy atom. The van der Waals surface area contributed by atoms with Crippen LogP contribution >= 0.6 is 0 Å². The first-order valence-electron chi connectivity index (χ1n) is 7.10. The van der Waals surface area contributed by atoms with Crippen LogP contribution in [0.1, 0.15) is 33.1 Å². The van der Waals surface area contributed by atoms with Crippen molar-refractivity contribution in [2.45, 2.75) is 44.8 Å². The number of hydrogen-bond donors (Lipinski definition) is 0. The number of likely N-dealkylation sites (N-methyl/N-ethyl adjacent to an activating group) is 1. The van der Waals surface area contributed by atoms with Crippen molar-refractivity contribution in [1.29, 1.82) is 0 Å². The maximum Gasteiger partial charge on any atom is 0.266 e. The van der Waals surface area contributed by atoms with E-state index in [1.807, 2.05) is 38.1 Å². The van der Waals surface area contributed by atoms with E-state index >= 15 is 0 Å². The Morgan fingerprint density at radius 3 is 2.40 bits per heavy atom. The fourth-order valence-electron chi connectivity index (χ4n) is 2.37. The Balaban J connectivity index is 2.14. The summed E-state index contributed by atoms with van der Waals surface area (Å²) in [6, 6.07) is 7.51. The highest BCUT2D eigenvalue weighted by Gasteiger charge is 2.47. The first kappa shape index (κ1) is 14.7. The molecule has 0 unspecified atom stereocenters. The third kappa shape index (κ3) is 3.06. The predicted molar refractivity (Wildman–Crippen MR) is 78.1 cm³/mol. The van der Waals surface area contributed by atoms with E-state index in [9.17, 15) is 4.79 Å². The van der Waals surface area contributed by atoms with Crippen LogP contribution in [-0.2, 0) is 4.79 Å². The molecule has 4 nitrogen and oxygen atoms in total. The summed E-state index contributed by atoms with van der Waals surface area (Å²) in [6.07, 6.45) is 2.70. The number of carbonyl (C=O) groups is 1. The lowest BCUT2D eigenvalue weighted by Crippen LogP contribution is -2.55. The van der Waals surface area contributed by atoms with E-state index in [4.69, 9.17) is 9.47 Å². The average molecular weight is 277 g/mol. The number of nitrogens with zero attached hydrogens (tertiary/aromatic N) is 1. The second kappa shape index (κ2) is 5.73. The normalized spacial score (nSPS) is 16.4. The van der Waals surface area contributed by atoms with E-state index in [-0.39, 0.29) is 12.0 Å². The molecule has 4 heteroatoms. The van der Waals surface area contributed by atoms with E-state index in [0.29, 0.717) is 5.75 Å². The zero-order valence-electron chi connectivity index (χ0n) is 12.7. The molecule has 0 N–H and O–H groups in total. The molecule has 0 atom stereocenters. The standard InChI is InChI=1S/C16H23NO3/c1-12(2)19-13-7-5-8-14(11-13)20-16(9-6-10-16)15(18)17(3)4/h5,7-8,11-12H,6,9-10H2,1-4H3. The lowest BCUT2D eigenvalue weighted by atomic mass is 9.79. The number of benzene rings is 1. The summed E-state index contributed by atoms with van der Waals surface area (Å²) < 4.78 is 11.7. The van der Waals surface area contributed by atoms with Gasteiger partial charge < -0.3 is 14.4 Å². The number of rotatable bonds is 5. The molecular formula is C16H23NO3. The van der Waals surface area contributed by atoms with Crippen LogP contribution in [0.25, 0.3) is 0 Å². The monoisotopic (exact) mass is 277 g/mol. The third-order valence-corrected chi connectivity index (χ3v) is 3.45. The van der Waals surface area contributed by atoms with Crippen LogP contribution in [0.5, 0.6) is 11.5 Å². The summed E-state index contributed by atoms with van der Waals surface area (Å²) >= 11 is 0. The SMILES string of the molecule is CC(C)Oc1cccc(OC2(C(=O)N(C)C)CCC2)c1. The minimum atomic E-state index is -0.681. The Kier molecular flexibility index (Phi) is 4.21. The molecule has 0 radical (unpaired) electrons. The highest BCUT2D eigenvalue weighted by Crippen LogP contribution is 2.38. The summed E-state index contributed by atoms with van der Waals surface area (Å²) in [7, 11) is 3.54. The third-order valence-electron chi connectivity index (χ3n) is 3.45. The van der Waals surface area contributed by atoms with E-state index in [1.54, 1.807) is 19.0 Å². The molecular weight excluding hydrogens is 254 g/mol. The van der Waals surface area contributed by atoms with Crippen molar-refractivity contribution in [2.75, 3.05) is 14.1 Å². The van der Waals surface area contributed by atoms with Gasteiger partial charge in [-0.3, -0.25) is 4.79 Å². The van der Waals surface area contributed by atoms with Crippen LogP contribution in [0, 0.1) is 0 Å². The molecule has 1 aliphatic rings. The Bertz CT molecular complexity index is 478. The van der Waals surface area contributed by atoms with Gasteiger partial charge in [0, 0.05) is 20.2 Å². The number of amides is 1. The van der Waals surface area contributed by atoms with Gasteiger partial charge in [0.25, 0.3) is 5.91 Å². The molecule has 1 amide bonds. The highest BCUT2D eigenvalue weighted by atomic mass is 16.5. The zero-order chi connectivity index (χ0) is 14.8. The fourth-order valence-corrected chi connectivity index (χ4v) is 2.37. The quantitative estimate of drug-likeness (QED) is 0.830. The van der Waals surface area contributed by atoms with Gasteiger partial charge in [-0.25, -0.2) is 0 Å². The fraction of sp³-hybridized carbons (Fsp3) is 0.562. The Morgan fingerprint density at radius 2 is 1.90 bits per heavy atom. The molecule has 0 aliphatic heterocycles. The lowest BCUT2D eigenvalue weighted by Gasteiger charge is -2.41. The molecule has 1 saturated carbocycles. The largest absolute Gasteiger partial charge is 0.491 e. The summed E-state index contributed by atoms with van der Waals surface area (Å²) in [4.78, 5) is 13.9. The van der Waals surface area contributed by atoms with Gasteiger partial charge in [-0.2, -0.15) is 0 Å². The van der Waals surface area contributed by atoms with Gasteiger partial charge in [-0.15, -0.1) is 0 Å². The van der Waals surface area contributed by atoms with Crippen molar-refractivity contribution in [2.24, 2.45) is 0 Å². The second-order valence-corrected chi connectivity index (χ2v) is 5.79. The van der Waals surface area contributed by atoms with Crippen molar-refractivity contribution >= 4 is 5.91 Å². The summed E-state index contributed by atoms with van der Waals surface area (Å²) in [5.74, 6) is 1.50. The van der Waals surface area contributed by atoms with Crippen molar-refractivity contribution in [3.63, 3.8) is 0 Å². The van der Waals surface area contributed by atoms with Crippen LogP contribution in [0.2, 0.25) is 0 Å². The van der Waals surface area contributed by atoms with Gasteiger partial charge in [0.1, 0.15) is 11.5 Å². The average Bonchev–Trinajstić information content (AvgIpc) is 2.32. The smallest absolute Gasteiger partial charge is 0.266 e. The van der Waals surface area contributed by atoms with Crippen LogP contribution in [0.4, 0.5) is 0 Å². The number of ether oxygens (including phenoxy) is 2. The van der Waals surface area contributed by atoms with Gasteiger partial charge in [-0.05, 0) is 45.2 Å². The Labute approximate surface area is 120 Å². The molecule has 110 valence electrons. The van der Waals surface area contributed by atoms with Crippen molar-refractivity contribution in [3.8, 4) is 11.5 Å². The van der Waals surface area contributed by atoms with Crippen molar-refractivity contribution in [3.05, 3.63) is 24.3 Å². The summed E-state index contributed by atoms with van der Waals surface area (Å²) in [5.41, 5.74) is -0.681. The maximum absolute atomic E-state index is 12.3. The van der Waals surface area contributed by atoms with Gasteiger partial charge in [-0.1, -0.05) is 6.07 Å². The predicted octanol–water partition coefficient (Wildman–Crippen LogP) is 2.86. The molecule has 1 aliphatic carbocycles. The topological polar surface area (TPSA) is 38.8 Å². The summed E-state index contributed by atoms with van der Waals surface area (Å²) in [5, 5.41) is 0. The molecule has 0 spiro atoms. The van der Waals surface area contributed by atoms with Crippen molar-refractivity contribution < 1.29 is 14.3 Å². The van der Waals surface area contributed by atoms with Gasteiger partial charge in [0.2, 0.25) is 0 Å². The number of hydrogen-bond acceptors (Lipinski definition) is 3. The molecule has 20 heavy (non-hydrogen) atoms. The minimum Gasteiger partial charge on any atom is -0.491 e. The molecule has 1 aromatic carbocycles. The number of carbonyl (C=O) groups excluding carboxylic acids is 1. The first-order valence-corrected chi connectivity index (χ1v) is 7.10. The van der Waals surface area contributed by atoms with Gasteiger partial charge in [0.15, 0.2) is 5.60 Å². The zero-order valence-corrected chi connectivity index (χ0v) is 12.7. The highest BCUT2D eigenvalue weighted by molar-refractivity contribution is 5.86. The van der Waals surface area contributed by atoms with Crippen LogP contribution in [0.3, 0.4) is 0 Å². The molecule has 2 rings (SSSR count). The molecule has 0 saturated heterocycles. The van der Waals surface area contributed by atoms with E-state index in [0.717, 1.165) is 25.0 Å². The first-order chi connectivity index (χ1) is 9.43. The molecule has 1 fully saturated rings. The summed E-state index contributed by atoms with van der Waals surface area (Å²) in [6.45, 7) is 3.97.